The zero-order chi connectivity index (χ0) is 12.8. The lowest BCUT2D eigenvalue weighted by atomic mass is 10.2. The quantitative estimate of drug-likeness (QED) is 0.604. The van der Waals surface area contributed by atoms with E-state index >= 15 is 0 Å². The molecule has 7 heteroatoms. The molecule has 0 saturated heterocycles. The number of amides is 2. The summed E-state index contributed by atoms with van der Waals surface area (Å²) in [7, 11) is -1.73. The van der Waals surface area contributed by atoms with Crippen molar-refractivity contribution >= 4 is 19.1 Å². The van der Waals surface area contributed by atoms with Gasteiger partial charge in [0, 0.05) is 13.8 Å². The molecule has 0 saturated carbocycles. The summed E-state index contributed by atoms with van der Waals surface area (Å²) in [5.41, 5.74) is 0. The number of para-hydroxylation sites is 1. The molecule has 0 bridgehead atoms. The van der Waals surface area contributed by atoms with Gasteiger partial charge in [0.15, 0.2) is 0 Å². The van der Waals surface area contributed by atoms with Crippen LogP contribution in [0.3, 0.4) is 0 Å². The van der Waals surface area contributed by atoms with Gasteiger partial charge in [-0.3, -0.25) is 9.59 Å². The molecule has 0 aliphatic rings. The summed E-state index contributed by atoms with van der Waals surface area (Å²) in [6, 6.07) is 8.37. The van der Waals surface area contributed by atoms with Crippen LogP contribution in [0.5, 0.6) is 5.75 Å². The van der Waals surface area contributed by atoms with E-state index in [0.717, 1.165) is 13.8 Å². The fraction of sp³-hybridized carbons (Fsp3) is 0.200. The highest BCUT2D eigenvalue weighted by atomic mass is 16.8. The second-order valence-electron chi connectivity index (χ2n) is 3.18. The highest BCUT2D eigenvalue weighted by molar-refractivity contribution is 6.36. The Morgan fingerprint density at radius 1 is 1.18 bits per heavy atom. The minimum Gasteiger partial charge on any atom is -0.511 e. The van der Waals surface area contributed by atoms with Gasteiger partial charge in [0.1, 0.15) is 5.75 Å². The molecule has 0 spiro atoms. The van der Waals surface area contributed by atoms with Crippen molar-refractivity contribution in [3.05, 3.63) is 30.3 Å². The molecule has 17 heavy (non-hydrogen) atoms. The van der Waals surface area contributed by atoms with Crippen LogP contribution in [0.2, 0.25) is 0 Å². The lowest BCUT2D eigenvalue weighted by Crippen LogP contribution is -2.41. The molecule has 1 aromatic carbocycles. The average Bonchev–Trinajstić information content (AvgIpc) is 2.26. The van der Waals surface area contributed by atoms with Crippen LogP contribution in [-0.4, -0.2) is 29.2 Å². The molecule has 0 atom stereocenters. The molecule has 0 radical (unpaired) electrons. The van der Waals surface area contributed by atoms with E-state index in [1.165, 1.54) is 0 Å². The first-order valence-electron chi connectivity index (χ1n) is 4.88. The van der Waals surface area contributed by atoms with Gasteiger partial charge in [0.25, 0.3) is 0 Å². The lowest BCUT2D eigenvalue weighted by molar-refractivity contribution is -0.174. The Morgan fingerprint density at radius 3 is 2.18 bits per heavy atom. The van der Waals surface area contributed by atoms with Crippen molar-refractivity contribution in [3.8, 4) is 5.75 Å². The summed E-state index contributed by atoms with van der Waals surface area (Å²) < 4.78 is 9.58. The van der Waals surface area contributed by atoms with E-state index < -0.39 is 19.1 Å². The van der Waals surface area contributed by atoms with E-state index in [1.807, 2.05) is 0 Å². The maximum atomic E-state index is 11.0. The molecule has 0 aliphatic carbocycles. The zero-order valence-corrected chi connectivity index (χ0v) is 9.49. The van der Waals surface area contributed by atoms with Crippen LogP contribution in [0.1, 0.15) is 13.8 Å². The molecule has 2 amide bonds. The molecule has 1 aromatic rings. The molecule has 0 aliphatic heterocycles. The van der Waals surface area contributed by atoms with Crippen molar-refractivity contribution in [2.24, 2.45) is 0 Å². The Kier molecular flexibility index (Phi) is 4.68. The number of benzene rings is 1. The monoisotopic (exact) mass is 237 g/mol. The molecular weight excluding hydrogens is 225 g/mol. The minimum atomic E-state index is -1.73. The van der Waals surface area contributed by atoms with Gasteiger partial charge in [0.2, 0.25) is 11.8 Å². The van der Waals surface area contributed by atoms with Gasteiger partial charge in [-0.2, -0.15) is 5.06 Å². The van der Waals surface area contributed by atoms with E-state index in [9.17, 15) is 14.6 Å². The molecule has 0 unspecified atom stereocenters. The smallest absolute Gasteiger partial charge is 0.511 e. The summed E-state index contributed by atoms with van der Waals surface area (Å²) in [5, 5.41) is 9.80. The normalized spacial score (nSPS) is 9.59. The Balaban J connectivity index is 2.57. The van der Waals surface area contributed by atoms with Crippen molar-refractivity contribution in [2.75, 3.05) is 0 Å². The SMILES string of the molecule is CC(=O)N(OB(O)Oc1ccccc1)C(C)=O. The predicted octanol–water partition coefficient (Wildman–Crippen LogP) is 0.369. The second-order valence-corrected chi connectivity index (χ2v) is 3.18. The molecular formula is C10H12BNO5. The topological polar surface area (TPSA) is 76.1 Å². The van der Waals surface area contributed by atoms with E-state index in [4.69, 9.17) is 4.65 Å². The molecule has 1 N–H and O–H groups in total. The van der Waals surface area contributed by atoms with Crippen molar-refractivity contribution in [1.82, 2.24) is 5.06 Å². The lowest BCUT2D eigenvalue weighted by Gasteiger charge is -2.18. The summed E-state index contributed by atoms with van der Waals surface area (Å²) in [4.78, 5) is 22.0. The number of rotatable bonds is 4. The third-order valence-corrected chi connectivity index (χ3v) is 1.75. The first-order chi connectivity index (χ1) is 8.00. The Hall–Kier alpha value is -1.86. The van der Waals surface area contributed by atoms with Crippen LogP contribution >= 0.6 is 0 Å². The van der Waals surface area contributed by atoms with E-state index in [1.54, 1.807) is 30.3 Å². The number of carbonyl (C=O) groups is 2. The molecule has 6 nitrogen and oxygen atoms in total. The standard InChI is InChI=1S/C10H12BNO5/c1-8(13)12(9(2)14)17-11(15)16-10-6-4-3-5-7-10/h3-7,15H,1-2H3. The fourth-order valence-electron chi connectivity index (χ4n) is 1.10. The van der Waals surface area contributed by atoms with Crippen LogP contribution < -0.4 is 4.65 Å². The number of hydrogen-bond donors (Lipinski definition) is 1. The first kappa shape index (κ1) is 13.2. The predicted molar refractivity (Wildman–Crippen MR) is 59.3 cm³/mol. The Morgan fingerprint density at radius 2 is 1.71 bits per heavy atom. The maximum absolute atomic E-state index is 11.0. The molecule has 0 fully saturated rings. The summed E-state index contributed by atoms with van der Waals surface area (Å²) in [5.74, 6) is -0.937. The van der Waals surface area contributed by atoms with Crippen LogP contribution in [0, 0.1) is 0 Å². The van der Waals surface area contributed by atoms with Gasteiger partial charge < -0.3 is 9.68 Å². The minimum absolute atomic E-state index is 0.354. The van der Waals surface area contributed by atoms with E-state index in [2.05, 4.69) is 4.76 Å². The number of carbonyl (C=O) groups excluding carboxylic acids is 2. The van der Waals surface area contributed by atoms with Crippen LogP contribution in [0.4, 0.5) is 0 Å². The number of nitrogens with zero attached hydrogens (tertiary/aromatic N) is 1. The summed E-state index contributed by atoms with van der Waals surface area (Å²) in [6.45, 7) is 2.27. The van der Waals surface area contributed by atoms with Crippen LogP contribution in [-0.2, 0) is 14.3 Å². The third kappa shape index (κ3) is 4.25. The number of imide groups is 1. The van der Waals surface area contributed by atoms with Crippen molar-refractivity contribution in [2.45, 2.75) is 13.8 Å². The van der Waals surface area contributed by atoms with Gasteiger partial charge in [-0.25, -0.2) is 4.76 Å². The fourth-order valence-corrected chi connectivity index (χ4v) is 1.10. The van der Waals surface area contributed by atoms with Crippen molar-refractivity contribution in [3.63, 3.8) is 0 Å². The van der Waals surface area contributed by atoms with Crippen LogP contribution in [0.25, 0.3) is 0 Å². The Bertz CT molecular complexity index is 383. The van der Waals surface area contributed by atoms with Crippen molar-refractivity contribution < 1.29 is 24.0 Å². The summed E-state index contributed by atoms with van der Waals surface area (Å²) in [6.07, 6.45) is 0. The largest absolute Gasteiger partial charge is 0.733 e. The number of hydrogen-bond acceptors (Lipinski definition) is 5. The van der Waals surface area contributed by atoms with Gasteiger partial charge in [-0.05, 0) is 12.1 Å². The molecule has 0 heterocycles. The molecule has 1 rings (SSSR count). The van der Waals surface area contributed by atoms with Crippen molar-refractivity contribution in [1.29, 1.82) is 0 Å². The van der Waals surface area contributed by atoms with E-state index in [0.29, 0.717) is 10.8 Å². The third-order valence-electron chi connectivity index (χ3n) is 1.75. The second kappa shape index (κ2) is 6.02. The highest BCUT2D eigenvalue weighted by Gasteiger charge is 2.27. The zero-order valence-electron chi connectivity index (χ0n) is 9.49. The van der Waals surface area contributed by atoms with E-state index in [-0.39, 0.29) is 0 Å². The van der Waals surface area contributed by atoms with Gasteiger partial charge in [-0.15, -0.1) is 0 Å². The number of hydroxylamine groups is 2. The maximum Gasteiger partial charge on any atom is 0.733 e. The summed E-state index contributed by atoms with van der Waals surface area (Å²) >= 11 is 0. The Labute approximate surface area is 98.9 Å². The van der Waals surface area contributed by atoms with Gasteiger partial charge in [-0.1, -0.05) is 18.2 Å². The average molecular weight is 237 g/mol. The molecule has 0 aromatic heterocycles. The first-order valence-corrected chi connectivity index (χ1v) is 4.88. The van der Waals surface area contributed by atoms with Gasteiger partial charge in [0.05, 0.1) is 0 Å². The van der Waals surface area contributed by atoms with Crippen LogP contribution in [0.15, 0.2) is 30.3 Å². The van der Waals surface area contributed by atoms with Gasteiger partial charge >= 0.3 is 7.32 Å². The highest BCUT2D eigenvalue weighted by Crippen LogP contribution is 2.09. The molecule has 90 valence electrons.